The third kappa shape index (κ3) is 0.926. The van der Waals surface area contributed by atoms with Gasteiger partial charge in [0.2, 0.25) is 0 Å². The lowest BCUT2D eigenvalue weighted by Gasteiger charge is -2.35. The van der Waals surface area contributed by atoms with Crippen LogP contribution in [0.25, 0.3) is 0 Å². The van der Waals surface area contributed by atoms with Crippen LogP contribution in [0.4, 0.5) is 0 Å². The van der Waals surface area contributed by atoms with Gasteiger partial charge in [-0.2, -0.15) is 0 Å². The minimum atomic E-state index is 0.350. The van der Waals surface area contributed by atoms with Crippen LogP contribution in [0, 0.1) is 17.3 Å². The van der Waals surface area contributed by atoms with Gasteiger partial charge in [-0.25, -0.2) is 0 Å². The zero-order valence-electron chi connectivity index (χ0n) is 7.05. The van der Waals surface area contributed by atoms with E-state index in [0.29, 0.717) is 5.41 Å². The van der Waals surface area contributed by atoms with Crippen molar-refractivity contribution in [2.45, 2.75) is 25.7 Å². The van der Waals surface area contributed by atoms with Gasteiger partial charge in [-0.15, -0.1) is 0 Å². The van der Waals surface area contributed by atoms with E-state index < -0.39 is 0 Å². The van der Waals surface area contributed by atoms with Crippen molar-refractivity contribution >= 4 is 0 Å². The molecule has 2 aliphatic carbocycles. The molecule has 0 radical (unpaired) electrons. The van der Waals surface area contributed by atoms with Crippen molar-refractivity contribution < 1.29 is 0 Å². The molecule has 11 heavy (non-hydrogen) atoms. The second-order valence-corrected chi connectivity index (χ2v) is 4.35. The third-order valence-electron chi connectivity index (χ3n) is 3.92. The minimum Gasteiger partial charge on any atom is -0.330 e. The van der Waals surface area contributed by atoms with Gasteiger partial charge in [0.25, 0.3) is 0 Å². The van der Waals surface area contributed by atoms with E-state index in [0.717, 1.165) is 24.9 Å². The molecule has 2 saturated carbocycles. The van der Waals surface area contributed by atoms with Gasteiger partial charge in [0.1, 0.15) is 0 Å². The van der Waals surface area contributed by atoms with Crippen molar-refractivity contribution in [2.75, 3.05) is 13.1 Å². The molecule has 0 spiro atoms. The van der Waals surface area contributed by atoms with Crippen LogP contribution in [0.5, 0.6) is 0 Å². The number of hydrogen-bond donors (Lipinski definition) is 2. The van der Waals surface area contributed by atoms with Crippen LogP contribution < -0.4 is 11.5 Å². The lowest BCUT2D eigenvalue weighted by atomic mass is 9.73. The molecule has 2 aliphatic rings. The first-order valence-electron chi connectivity index (χ1n) is 4.71. The Labute approximate surface area is 68.3 Å². The molecule has 0 aromatic carbocycles. The summed E-state index contributed by atoms with van der Waals surface area (Å²) >= 11 is 0. The maximum absolute atomic E-state index is 5.79. The molecule has 2 fully saturated rings. The van der Waals surface area contributed by atoms with Crippen molar-refractivity contribution in [1.29, 1.82) is 0 Å². The number of nitrogens with two attached hydrogens (primary N) is 2. The maximum Gasteiger partial charge on any atom is -0.000567 e. The fourth-order valence-electron chi connectivity index (χ4n) is 3.14. The van der Waals surface area contributed by atoms with E-state index in [1.165, 1.54) is 25.7 Å². The van der Waals surface area contributed by atoms with E-state index in [1.54, 1.807) is 0 Å². The Kier molecular flexibility index (Phi) is 1.69. The molecular formula is C9H18N2. The Balaban J connectivity index is 2.14. The minimum absolute atomic E-state index is 0.350. The molecule has 0 heterocycles. The fourth-order valence-corrected chi connectivity index (χ4v) is 3.14. The molecule has 2 atom stereocenters. The summed E-state index contributed by atoms with van der Waals surface area (Å²) in [6.45, 7) is 1.62. The summed E-state index contributed by atoms with van der Waals surface area (Å²) < 4.78 is 0. The second kappa shape index (κ2) is 2.46. The zero-order valence-corrected chi connectivity index (χ0v) is 7.05. The summed E-state index contributed by atoms with van der Waals surface area (Å²) in [6.07, 6.45) is 5.55. The number of hydrogen-bond acceptors (Lipinski definition) is 2. The van der Waals surface area contributed by atoms with Crippen molar-refractivity contribution in [3.63, 3.8) is 0 Å². The molecule has 0 aromatic heterocycles. The Morgan fingerprint density at radius 1 is 1.18 bits per heavy atom. The molecule has 2 unspecified atom stereocenters. The first kappa shape index (κ1) is 7.56. The van der Waals surface area contributed by atoms with Gasteiger partial charge in [0.05, 0.1) is 0 Å². The quantitative estimate of drug-likeness (QED) is 0.615. The van der Waals surface area contributed by atoms with Gasteiger partial charge in [-0.3, -0.25) is 0 Å². The first-order chi connectivity index (χ1) is 5.30. The Morgan fingerprint density at radius 2 is 1.91 bits per heavy atom. The first-order valence-corrected chi connectivity index (χ1v) is 4.71. The van der Waals surface area contributed by atoms with E-state index in [-0.39, 0.29) is 0 Å². The van der Waals surface area contributed by atoms with Crippen LogP contribution in [-0.4, -0.2) is 13.1 Å². The molecule has 0 amide bonds. The Bertz CT molecular complexity index is 152. The predicted molar refractivity (Wildman–Crippen MR) is 46.0 cm³/mol. The molecule has 2 bridgehead atoms. The van der Waals surface area contributed by atoms with Crippen LogP contribution in [0.3, 0.4) is 0 Å². The summed E-state index contributed by atoms with van der Waals surface area (Å²) in [5.41, 5.74) is 11.9. The van der Waals surface area contributed by atoms with Gasteiger partial charge >= 0.3 is 0 Å². The average Bonchev–Trinajstić information content (AvgIpc) is 2.62. The van der Waals surface area contributed by atoms with E-state index in [2.05, 4.69) is 0 Å². The monoisotopic (exact) mass is 154 g/mol. The molecule has 0 saturated heterocycles. The van der Waals surface area contributed by atoms with Crippen LogP contribution in [0.2, 0.25) is 0 Å². The number of fused-ring (bicyclic) bond motifs is 2. The fraction of sp³-hybridized carbons (Fsp3) is 1.00. The van der Waals surface area contributed by atoms with Crippen molar-refractivity contribution in [3.05, 3.63) is 0 Å². The maximum atomic E-state index is 5.79. The Hall–Kier alpha value is -0.0800. The SMILES string of the molecule is NCC1(CN)CC2CCC1C2. The molecule has 0 aliphatic heterocycles. The van der Waals surface area contributed by atoms with Gasteiger partial charge in [-0.05, 0) is 49.6 Å². The highest BCUT2D eigenvalue weighted by atomic mass is 14.7. The lowest BCUT2D eigenvalue weighted by molar-refractivity contribution is 0.183. The zero-order chi connectivity index (χ0) is 7.90. The normalized spacial score (nSPS) is 39.8. The molecule has 2 heteroatoms. The molecular weight excluding hydrogens is 136 g/mol. The summed E-state index contributed by atoms with van der Waals surface area (Å²) in [4.78, 5) is 0. The highest BCUT2D eigenvalue weighted by Gasteiger charge is 2.48. The Morgan fingerprint density at radius 3 is 2.18 bits per heavy atom. The third-order valence-corrected chi connectivity index (χ3v) is 3.92. The van der Waals surface area contributed by atoms with Gasteiger partial charge < -0.3 is 11.5 Å². The molecule has 2 rings (SSSR count). The van der Waals surface area contributed by atoms with Crippen LogP contribution in [-0.2, 0) is 0 Å². The summed E-state index contributed by atoms with van der Waals surface area (Å²) in [7, 11) is 0. The summed E-state index contributed by atoms with van der Waals surface area (Å²) in [6, 6.07) is 0. The summed E-state index contributed by atoms with van der Waals surface area (Å²) in [5, 5.41) is 0. The lowest BCUT2D eigenvalue weighted by Crippen LogP contribution is -2.42. The van der Waals surface area contributed by atoms with Gasteiger partial charge in [-0.1, -0.05) is 6.42 Å². The molecule has 2 nitrogen and oxygen atoms in total. The van der Waals surface area contributed by atoms with Crippen LogP contribution in [0.15, 0.2) is 0 Å². The van der Waals surface area contributed by atoms with Crippen molar-refractivity contribution in [1.82, 2.24) is 0 Å². The van der Waals surface area contributed by atoms with E-state index in [4.69, 9.17) is 11.5 Å². The largest absolute Gasteiger partial charge is 0.330 e. The standard InChI is InChI=1S/C9H18N2/c10-5-9(6-11)4-7-1-2-8(9)3-7/h7-8H,1-6,10-11H2. The smallest absolute Gasteiger partial charge is 0.000567 e. The van der Waals surface area contributed by atoms with Crippen molar-refractivity contribution in [2.24, 2.45) is 28.7 Å². The van der Waals surface area contributed by atoms with E-state index in [9.17, 15) is 0 Å². The van der Waals surface area contributed by atoms with Crippen LogP contribution in [0.1, 0.15) is 25.7 Å². The van der Waals surface area contributed by atoms with Gasteiger partial charge in [0.15, 0.2) is 0 Å². The van der Waals surface area contributed by atoms with Crippen LogP contribution >= 0.6 is 0 Å². The second-order valence-electron chi connectivity index (χ2n) is 4.35. The highest BCUT2D eigenvalue weighted by molar-refractivity contribution is 5.01. The summed E-state index contributed by atoms with van der Waals surface area (Å²) in [5.74, 6) is 1.83. The average molecular weight is 154 g/mol. The molecule has 0 aromatic rings. The van der Waals surface area contributed by atoms with Gasteiger partial charge in [0, 0.05) is 0 Å². The highest BCUT2D eigenvalue weighted by Crippen LogP contribution is 2.54. The molecule has 4 N–H and O–H groups in total. The predicted octanol–water partition coefficient (Wildman–Crippen LogP) is 0.710. The molecule has 64 valence electrons. The van der Waals surface area contributed by atoms with E-state index in [1.807, 2.05) is 0 Å². The van der Waals surface area contributed by atoms with Crippen molar-refractivity contribution in [3.8, 4) is 0 Å². The topological polar surface area (TPSA) is 52.0 Å². The van der Waals surface area contributed by atoms with E-state index >= 15 is 0 Å². The number of rotatable bonds is 2.